The third-order valence-corrected chi connectivity index (χ3v) is 17.6. The van der Waals surface area contributed by atoms with Gasteiger partial charge in [0.25, 0.3) is 12.4 Å². The number of pyridine rings is 1. The van der Waals surface area contributed by atoms with Gasteiger partial charge in [-0.15, -0.1) is 0 Å². The summed E-state index contributed by atoms with van der Waals surface area (Å²) in [6.45, 7) is 30.4. The van der Waals surface area contributed by atoms with Gasteiger partial charge in [-0.3, -0.25) is 0 Å². The number of aromatic nitrogens is 2. The molecule has 4 nitrogen and oxygen atoms in total. The zero-order chi connectivity index (χ0) is 51.0. The Hall–Kier alpha value is -6.76. The van der Waals surface area contributed by atoms with Crippen LogP contribution in [-0.4, -0.2) is 11.1 Å². The van der Waals surface area contributed by atoms with Crippen LogP contribution < -0.4 is 30.8 Å². The van der Waals surface area contributed by atoms with Gasteiger partial charge in [0.2, 0.25) is 0 Å². The fraction of sp³-hybridized carbons (Fsp3) is 0.269. The van der Waals surface area contributed by atoms with E-state index in [0.717, 1.165) is 0 Å². The summed E-state index contributed by atoms with van der Waals surface area (Å²) < 4.78 is 4.93. The van der Waals surface area contributed by atoms with E-state index < -0.39 is 0 Å². The number of imidazole rings is 1. The van der Waals surface area contributed by atoms with E-state index in [2.05, 4.69) is 261 Å². The van der Waals surface area contributed by atoms with E-state index in [-0.39, 0.29) is 28.4 Å². The number of nitrogens with zero attached hydrogens (tertiary/aromatic N) is 4. The van der Waals surface area contributed by atoms with E-state index >= 15 is 0 Å². The summed E-state index contributed by atoms with van der Waals surface area (Å²) in [6.07, 6.45) is 0. The summed E-state index contributed by atoms with van der Waals surface area (Å²) in [6, 6.07) is 57.1. The number of hydrogen-bond donors (Lipinski definition) is 0. The normalized spacial score (nSPS) is 14.3. The van der Waals surface area contributed by atoms with Crippen molar-refractivity contribution in [2.45, 2.75) is 121 Å². The molecule has 0 amide bonds. The van der Waals surface area contributed by atoms with Gasteiger partial charge in [0, 0.05) is 43.3 Å². The molecule has 5 heterocycles. The number of hydrogen-bond acceptors (Lipinski definition) is 3. The lowest BCUT2D eigenvalue weighted by atomic mass is 9.33. The van der Waals surface area contributed by atoms with Crippen molar-refractivity contribution >= 4 is 107 Å². The number of aryl methyl sites for hydroxylation is 2. The average molecular weight is 970 g/mol. The van der Waals surface area contributed by atoms with Crippen molar-refractivity contribution in [2.24, 2.45) is 7.05 Å². The molecule has 0 bridgehead atoms. The molecule has 0 radical (unpaired) electrons. The molecule has 13 rings (SSSR count). The maximum Gasteiger partial charge on any atom is 0.295 e. The van der Waals surface area contributed by atoms with Gasteiger partial charge in [0.1, 0.15) is 5.52 Å². The van der Waals surface area contributed by atoms with Crippen molar-refractivity contribution in [1.82, 2.24) is 4.40 Å². The Morgan fingerprint density at radius 1 is 0.466 bits per heavy atom. The molecule has 0 N–H and O–H groups in total. The van der Waals surface area contributed by atoms with Crippen LogP contribution in [0.2, 0.25) is 0 Å². The standard InChI is InChI=1S/C67H66BN4S/c1-39-18-17-20-48-47-19-15-16-21-51(47)72-55-32-40(22-29-53(55)69(14)63(72)60(39)48)41-33-56-61-57(34-41)71-54-31-26-44(66(8,9)10)37-58(54)73-59-38-45(67(11,12)13)36-50(62(59)71)68(61)49-35-43(65(5,6)7)25-30-52(49)70(56)46-27-23-42(24-28-46)64(2,3)4/h15-38H,1-14H3/q+1. The van der Waals surface area contributed by atoms with Crippen molar-refractivity contribution < 1.29 is 4.57 Å². The molecule has 0 atom stereocenters. The minimum Gasteiger partial charge on any atom is -0.311 e. The molecule has 3 aliphatic rings. The van der Waals surface area contributed by atoms with Crippen LogP contribution in [0.15, 0.2) is 155 Å². The van der Waals surface area contributed by atoms with Gasteiger partial charge in [-0.05, 0) is 157 Å². The zero-order valence-electron chi connectivity index (χ0n) is 45.1. The first-order valence-corrected chi connectivity index (χ1v) is 27.2. The maximum absolute atomic E-state index is 2.67. The van der Waals surface area contributed by atoms with Gasteiger partial charge >= 0.3 is 0 Å². The number of para-hydroxylation sites is 1. The van der Waals surface area contributed by atoms with Gasteiger partial charge in [0.05, 0.1) is 23.8 Å². The van der Waals surface area contributed by atoms with Crippen LogP contribution in [0.5, 0.6) is 0 Å². The number of fused-ring (bicyclic) bond motifs is 14. The molecule has 0 aliphatic carbocycles. The lowest BCUT2D eigenvalue weighted by Gasteiger charge is -2.47. The second-order valence-electron chi connectivity index (χ2n) is 25.5. The zero-order valence-corrected chi connectivity index (χ0v) is 45.9. The Kier molecular flexibility index (Phi) is 9.72. The maximum atomic E-state index is 2.67. The van der Waals surface area contributed by atoms with Crippen LogP contribution in [0.25, 0.3) is 49.5 Å². The molecule has 3 aliphatic heterocycles. The summed E-state index contributed by atoms with van der Waals surface area (Å²) >= 11 is 1.96. The fourth-order valence-corrected chi connectivity index (χ4v) is 13.6. The molecule has 2 aromatic heterocycles. The van der Waals surface area contributed by atoms with Crippen molar-refractivity contribution in [3.63, 3.8) is 0 Å². The summed E-state index contributed by atoms with van der Waals surface area (Å²) in [7, 11) is 2.24. The second-order valence-corrected chi connectivity index (χ2v) is 26.6. The van der Waals surface area contributed by atoms with Crippen LogP contribution in [0, 0.1) is 6.92 Å². The molecule has 362 valence electrons. The molecule has 6 heteroatoms. The Morgan fingerprint density at radius 2 is 1.07 bits per heavy atom. The van der Waals surface area contributed by atoms with E-state index in [1.807, 2.05) is 11.8 Å². The highest BCUT2D eigenvalue weighted by atomic mass is 32.2. The lowest BCUT2D eigenvalue weighted by molar-refractivity contribution is -0.617. The van der Waals surface area contributed by atoms with Crippen molar-refractivity contribution in [3.8, 4) is 11.1 Å². The summed E-state index contributed by atoms with van der Waals surface area (Å²) in [5, 5.41) is 3.86. The monoisotopic (exact) mass is 970 g/mol. The highest BCUT2D eigenvalue weighted by molar-refractivity contribution is 7.99. The Balaban J connectivity index is 1.16. The molecular weight excluding hydrogens is 904 g/mol. The van der Waals surface area contributed by atoms with E-state index in [4.69, 9.17) is 0 Å². The SMILES string of the molecule is Cc1cccc2c3ccccc3n3c4cc(-c5cc6c7c(c5)N5c8ccc(C(C)(C)C)cc8Sc8cc(C(C)(C)C)cc(c85)B7c5cc(C(C)(C)C)ccc5N6c5ccc(C(C)(C)C)cc5)ccc4[n+](C)c3c12. The van der Waals surface area contributed by atoms with E-state index in [9.17, 15) is 0 Å². The van der Waals surface area contributed by atoms with Crippen LogP contribution in [0.4, 0.5) is 34.1 Å². The van der Waals surface area contributed by atoms with E-state index in [1.54, 1.807) is 0 Å². The smallest absolute Gasteiger partial charge is 0.295 e. The van der Waals surface area contributed by atoms with Crippen molar-refractivity contribution in [2.75, 3.05) is 9.80 Å². The first-order valence-electron chi connectivity index (χ1n) is 26.3. The summed E-state index contributed by atoms with van der Waals surface area (Å²) in [5.41, 5.74) is 25.4. The molecule has 0 saturated heterocycles. The largest absolute Gasteiger partial charge is 0.311 e. The Labute approximate surface area is 436 Å². The third kappa shape index (κ3) is 6.85. The first kappa shape index (κ1) is 46.1. The van der Waals surface area contributed by atoms with Gasteiger partial charge in [-0.25, -0.2) is 4.57 Å². The third-order valence-electron chi connectivity index (χ3n) is 16.5. The van der Waals surface area contributed by atoms with Gasteiger partial charge in [0.15, 0.2) is 11.0 Å². The first-order chi connectivity index (χ1) is 34.6. The molecule has 0 unspecified atom stereocenters. The number of rotatable bonds is 2. The van der Waals surface area contributed by atoms with Crippen molar-refractivity contribution in [3.05, 3.63) is 173 Å². The predicted molar refractivity (Wildman–Crippen MR) is 314 cm³/mol. The second kappa shape index (κ2) is 15.4. The topological polar surface area (TPSA) is 14.8 Å². The summed E-state index contributed by atoms with van der Waals surface area (Å²) in [4.78, 5) is 7.90. The van der Waals surface area contributed by atoms with Gasteiger partial charge in [-0.1, -0.05) is 168 Å². The van der Waals surface area contributed by atoms with Crippen LogP contribution in [-0.2, 0) is 28.7 Å². The fourth-order valence-electron chi connectivity index (χ4n) is 12.4. The minimum absolute atomic E-state index is 0.00346. The van der Waals surface area contributed by atoms with E-state index in [1.165, 1.54) is 138 Å². The van der Waals surface area contributed by atoms with Crippen LogP contribution >= 0.6 is 11.8 Å². The highest BCUT2D eigenvalue weighted by Crippen LogP contribution is 2.56. The lowest BCUT2D eigenvalue weighted by Crippen LogP contribution is -2.62. The molecule has 8 aromatic carbocycles. The van der Waals surface area contributed by atoms with E-state index in [0.29, 0.717) is 0 Å². The molecule has 10 aromatic rings. The molecule has 73 heavy (non-hydrogen) atoms. The average Bonchev–Trinajstić information content (AvgIpc) is 3.64. The predicted octanol–water partition coefficient (Wildman–Crippen LogP) is 15.9. The molecule has 0 saturated carbocycles. The van der Waals surface area contributed by atoms with Crippen molar-refractivity contribution in [1.29, 1.82) is 0 Å². The van der Waals surface area contributed by atoms with Gasteiger partial charge < -0.3 is 9.80 Å². The van der Waals surface area contributed by atoms with Gasteiger partial charge in [-0.2, -0.15) is 4.40 Å². The molecule has 0 fully saturated rings. The highest BCUT2D eigenvalue weighted by Gasteiger charge is 2.47. The quantitative estimate of drug-likeness (QED) is 0.0975. The molecule has 0 spiro atoms. The van der Waals surface area contributed by atoms with Crippen LogP contribution in [0.1, 0.15) is 111 Å². The minimum atomic E-state index is -0.0579. The molecular formula is C67H66BN4S+. The Bertz CT molecular complexity index is 4020. The summed E-state index contributed by atoms with van der Waals surface area (Å²) in [5.74, 6) is 0. The number of anilines is 6. The Morgan fingerprint density at radius 3 is 1.77 bits per heavy atom. The van der Waals surface area contributed by atoms with Crippen LogP contribution in [0.3, 0.4) is 0 Å². The number of benzene rings is 8.